The van der Waals surface area contributed by atoms with Crippen LogP contribution in [0.3, 0.4) is 0 Å². The third-order valence-electron chi connectivity index (χ3n) is 3.71. The third-order valence-corrected chi connectivity index (χ3v) is 5.57. The van der Waals surface area contributed by atoms with Crippen molar-refractivity contribution < 1.29 is 35.9 Å². The number of alkyl halides is 3. The molecule has 1 aromatic heterocycles. The average molecular weight is 480 g/mol. The lowest BCUT2D eigenvalue weighted by Gasteiger charge is -2.16. The van der Waals surface area contributed by atoms with Gasteiger partial charge in [-0.25, -0.2) is 13.1 Å². The fourth-order valence-corrected chi connectivity index (χ4v) is 3.88. The van der Waals surface area contributed by atoms with Crippen LogP contribution in [0.4, 0.5) is 18.9 Å². The maximum Gasteiger partial charge on any atom is 0.573 e. The van der Waals surface area contributed by atoms with E-state index >= 15 is 0 Å². The molecule has 1 heterocycles. The van der Waals surface area contributed by atoms with E-state index in [0.717, 1.165) is 23.3 Å². The number of carbonyl (C=O) groups is 2. The van der Waals surface area contributed by atoms with Crippen LogP contribution in [0, 0.1) is 0 Å². The number of halogens is 3. The molecule has 2 aromatic rings. The predicted molar refractivity (Wildman–Crippen MR) is 110 cm³/mol. The van der Waals surface area contributed by atoms with E-state index in [2.05, 4.69) is 14.8 Å². The van der Waals surface area contributed by atoms with Crippen LogP contribution in [0.1, 0.15) is 14.5 Å². The zero-order valence-electron chi connectivity index (χ0n) is 16.5. The van der Waals surface area contributed by atoms with Crippen molar-refractivity contribution >= 4 is 38.9 Å². The minimum Gasteiger partial charge on any atom is -0.406 e. The Kier molecular flexibility index (Phi) is 8.03. The molecule has 170 valence electrons. The molecule has 0 radical (unpaired) electrons. The van der Waals surface area contributed by atoms with E-state index in [0.29, 0.717) is 11.3 Å². The third kappa shape index (κ3) is 8.94. The lowest BCUT2D eigenvalue weighted by atomic mass is 10.3. The van der Waals surface area contributed by atoms with Gasteiger partial charge in [-0.2, -0.15) is 0 Å². The van der Waals surface area contributed by atoms with Crippen LogP contribution in [0.25, 0.3) is 0 Å². The van der Waals surface area contributed by atoms with E-state index in [1.807, 2.05) is 0 Å². The summed E-state index contributed by atoms with van der Waals surface area (Å²) in [6, 6.07) is 7.91. The summed E-state index contributed by atoms with van der Waals surface area (Å²) >= 11 is 1.19. The number of anilines is 1. The first-order valence-corrected chi connectivity index (χ1v) is 11.5. The number of nitrogens with zero attached hydrogens (tertiary/aromatic N) is 1. The van der Waals surface area contributed by atoms with Crippen molar-refractivity contribution in [1.29, 1.82) is 0 Å². The maximum atomic E-state index is 12.5. The van der Waals surface area contributed by atoms with Crippen molar-refractivity contribution in [3.05, 3.63) is 46.2 Å². The summed E-state index contributed by atoms with van der Waals surface area (Å²) < 4.78 is 64.8. The molecule has 8 nitrogen and oxygen atoms in total. The van der Waals surface area contributed by atoms with Gasteiger partial charge < -0.3 is 15.0 Å². The number of ether oxygens (including phenoxy) is 1. The molecular weight excluding hydrogens is 459 g/mol. The van der Waals surface area contributed by atoms with E-state index in [4.69, 9.17) is 0 Å². The zero-order chi connectivity index (χ0) is 23.2. The summed E-state index contributed by atoms with van der Waals surface area (Å²) in [6.45, 7) is -0.0689. The fraction of sp³-hybridized carbons (Fsp3) is 0.333. The molecule has 0 aliphatic rings. The molecule has 2 rings (SSSR count). The quantitative estimate of drug-likeness (QED) is 0.575. The van der Waals surface area contributed by atoms with Gasteiger partial charge in [0.25, 0.3) is 5.91 Å². The Morgan fingerprint density at radius 1 is 1.13 bits per heavy atom. The molecule has 1 aromatic carbocycles. The van der Waals surface area contributed by atoms with Crippen LogP contribution in [0.2, 0.25) is 0 Å². The van der Waals surface area contributed by atoms with Crippen molar-refractivity contribution in [3.63, 3.8) is 0 Å². The Bertz CT molecular complexity index is 1020. The molecule has 0 fully saturated rings. The number of carbonyl (C=O) groups excluding carboxylic acids is 2. The highest BCUT2D eigenvalue weighted by molar-refractivity contribution is 7.88. The molecule has 2 N–H and O–H groups in total. The molecule has 0 spiro atoms. The number of hydrogen-bond acceptors (Lipinski definition) is 6. The molecule has 0 saturated heterocycles. The number of sulfonamides is 1. The van der Waals surface area contributed by atoms with Crippen LogP contribution >= 0.6 is 11.3 Å². The highest BCUT2D eigenvalue weighted by Crippen LogP contribution is 2.24. The zero-order valence-corrected chi connectivity index (χ0v) is 18.2. The Balaban J connectivity index is 1.86. The molecular formula is C18H20F3N3O5S2. The van der Waals surface area contributed by atoms with Gasteiger partial charge in [-0.05, 0) is 42.8 Å². The molecule has 2 amide bonds. The lowest BCUT2D eigenvalue weighted by Crippen LogP contribution is -2.34. The first-order chi connectivity index (χ1) is 14.3. The molecule has 31 heavy (non-hydrogen) atoms. The fourth-order valence-electron chi connectivity index (χ4n) is 2.40. The largest absolute Gasteiger partial charge is 0.573 e. The Morgan fingerprint density at radius 2 is 1.77 bits per heavy atom. The van der Waals surface area contributed by atoms with Gasteiger partial charge in [0.15, 0.2) is 0 Å². The van der Waals surface area contributed by atoms with E-state index in [1.54, 1.807) is 12.1 Å². The van der Waals surface area contributed by atoms with Crippen LogP contribution < -0.4 is 14.8 Å². The highest BCUT2D eigenvalue weighted by atomic mass is 32.2. The standard InChI is InChI=1S/C18H20F3N3O5S2/c1-24(17(26)15-8-7-14(30-15)9-10-22-31(2,27)28)11-16(25)23-12-3-5-13(6-4-12)29-18(19,20)21/h3-8,22H,9-11H2,1-2H3,(H,23,25). The van der Waals surface area contributed by atoms with Gasteiger partial charge in [-0.15, -0.1) is 24.5 Å². The lowest BCUT2D eigenvalue weighted by molar-refractivity contribution is -0.274. The second kappa shape index (κ2) is 10.1. The summed E-state index contributed by atoms with van der Waals surface area (Å²) in [5.74, 6) is -1.34. The van der Waals surface area contributed by atoms with Gasteiger partial charge in [0.2, 0.25) is 15.9 Å². The highest BCUT2D eigenvalue weighted by Gasteiger charge is 2.31. The van der Waals surface area contributed by atoms with E-state index < -0.39 is 33.9 Å². The topological polar surface area (TPSA) is 105 Å². The van der Waals surface area contributed by atoms with Crippen molar-refractivity contribution in [1.82, 2.24) is 9.62 Å². The number of hydrogen-bond donors (Lipinski definition) is 2. The average Bonchev–Trinajstić information content (AvgIpc) is 3.09. The number of likely N-dealkylation sites (N-methyl/N-ethyl adjacent to an activating group) is 1. The molecule has 0 saturated carbocycles. The number of amides is 2. The molecule has 0 aliphatic heterocycles. The number of nitrogens with one attached hydrogen (secondary N) is 2. The predicted octanol–water partition coefficient (Wildman–Crippen LogP) is 2.45. The molecule has 0 atom stereocenters. The molecule has 0 aliphatic carbocycles. The maximum absolute atomic E-state index is 12.5. The van der Waals surface area contributed by atoms with Crippen LogP contribution in [-0.2, 0) is 21.2 Å². The number of thiophene rings is 1. The second-order valence-electron chi connectivity index (χ2n) is 6.46. The van der Waals surface area contributed by atoms with Gasteiger partial charge in [0, 0.05) is 24.2 Å². The van der Waals surface area contributed by atoms with Crippen LogP contribution in [-0.4, -0.2) is 57.9 Å². The number of rotatable bonds is 9. The first-order valence-electron chi connectivity index (χ1n) is 8.77. The normalized spacial score (nSPS) is 11.8. The monoisotopic (exact) mass is 479 g/mol. The van der Waals surface area contributed by atoms with Gasteiger partial charge in [-0.1, -0.05) is 0 Å². The van der Waals surface area contributed by atoms with E-state index in [-0.39, 0.29) is 18.8 Å². The SMILES string of the molecule is CN(CC(=O)Nc1ccc(OC(F)(F)F)cc1)C(=O)c1ccc(CCNS(C)(=O)=O)s1. The molecule has 0 unspecified atom stereocenters. The van der Waals surface area contributed by atoms with E-state index in [1.165, 1.54) is 35.4 Å². The van der Waals surface area contributed by atoms with Crippen LogP contribution in [0.15, 0.2) is 36.4 Å². The van der Waals surface area contributed by atoms with Gasteiger partial charge in [0.1, 0.15) is 5.75 Å². The Hall–Kier alpha value is -2.64. The van der Waals surface area contributed by atoms with Gasteiger partial charge in [0.05, 0.1) is 17.7 Å². The Labute approximate surface area is 181 Å². The van der Waals surface area contributed by atoms with Gasteiger partial charge >= 0.3 is 6.36 Å². The minimum absolute atomic E-state index is 0.206. The summed E-state index contributed by atoms with van der Waals surface area (Å²) in [5.41, 5.74) is 0.247. The summed E-state index contributed by atoms with van der Waals surface area (Å²) in [7, 11) is -1.85. The van der Waals surface area contributed by atoms with Crippen molar-refractivity contribution in [2.75, 3.05) is 31.7 Å². The summed E-state index contributed by atoms with van der Waals surface area (Å²) in [4.78, 5) is 27.0. The van der Waals surface area contributed by atoms with Crippen molar-refractivity contribution in [2.24, 2.45) is 0 Å². The molecule has 0 bridgehead atoms. The van der Waals surface area contributed by atoms with Gasteiger partial charge in [-0.3, -0.25) is 9.59 Å². The first kappa shape index (κ1) is 24.6. The van der Waals surface area contributed by atoms with Crippen LogP contribution in [0.5, 0.6) is 5.75 Å². The summed E-state index contributed by atoms with van der Waals surface area (Å²) in [6.07, 6.45) is -3.33. The number of benzene rings is 1. The smallest absolute Gasteiger partial charge is 0.406 e. The minimum atomic E-state index is -4.81. The van der Waals surface area contributed by atoms with Crippen molar-refractivity contribution in [3.8, 4) is 5.75 Å². The molecule has 13 heteroatoms. The van der Waals surface area contributed by atoms with E-state index in [9.17, 15) is 31.2 Å². The Morgan fingerprint density at radius 3 is 2.35 bits per heavy atom. The van der Waals surface area contributed by atoms with Crippen molar-refractivity contribution in [2.45, 2.75) is 12.8 Å². The second-order valence-corrected chi connectivity index (χ2v) is 9.47. The summed E-state index contributed by atoms with van der Waals surface area (Å²) in [5, 5.41) is 2.49.